The molecule has 0 aliphatic carbocycles. The van der Waals surface area contributed by atoms with Gasteiger partial charge in [-0.15, -0.1) is 0 Å². The number of fused-ring (bicyclic) bond motifs is 9. The lowest BCUT2D eigenvalue weighted by atomic mass is 9.84. The second kappa shape index (κ2) is 11.2. The lowest BCUT2D eigenvalue weighted by Gasteiger charge is -2.18. The second-order valence-corrected chi connectivity index (χ2v) is 11.8. The molecule has 11 aromatic rings. The number of furan rings is 1. The van der Waals surface area contributed by atoms with E-state index in [1.165, 1.54) is 6.92 Å². The zero-order chi connectivity index (χ0) is 59.6. The molecule has 242 valence electrons. The first kappa shape index (κ1) is 12.5. The molecule has 1 nitrogen and oxygen atoms in total. The number of benzene rings is 10. The summed E-state index contributed by atoms with van der Waals surface area (Å²) in [6, 6.07) is -25.4. The van der Waals surface area contributed by atoms with E-state index in [-0.39, 0.29) is 11.1 Å². The van der Waals surface area contributed by atoms with Crippen LogP contribution in [0.25, 0.3) is 109 Å². The molecule has 11 rings (SSSR count). The smallest absolute Gasteiger partial charge is 0.136 e. The Hall–Kier alpha value is -6.70. The minimum atomic E-state index is -1.05. The van der Waals surface area contributed by atoms with Crippen LogP contribution < -0.4 is 0 Å². The highest BCUT2D eigenvalue weighted by Crippen LogP contribution is 2.47. The maximum Gasteiger partial charge on any atom is 0.136 e. The van der Waals surface area contributed by atoms with Gasteiger partial charge in [0.05, 0.1) is 39.8 Å². The Morgan fingerprint density at radius 2 is 0.923 bits per heavy atom. The average molecular weight is 690 g/mol. The Labute approximate surface area is 341 Å². The van der Waals surface area contributed by atoms with Gasteiger partial charge in [-0.2, -0.15) is 0 Å². The Morgan fingerprint density at radius 3 is 1.63 bits per heavy atom. The molecule has 0 saturated carbocycles. The molecule has 1 heteroatoms. The van der Waals surface area contributed by atoms with Gasteiger partial charge in [-0.05, 0) is 130 Å². The Morgan fingerprint density at radius 1 is 0.365 bits per heavy atom. The maximum absolute atomic E-state index is 9.94. The van der Waals surface area contributed by atoms with Crippen molar-refractivity contribution in [3.63, 3.8) is 0 Å². The van der Waals surface area contributed by atoms with Gasteiger partial charge in [0.15, 0.2) is 0 Å². The summed E-state index contributed by atoms with van der Waals surface area (Å²) in [6.07, 6.45) is 0. The van der Waals surface area contributed by atoms with E-state index in [9.17, 15) is 20.6 Å². The van der Waals surface area contributed by atoms with Crippen molar-refractivity contribution in [1.82, 2.24) is 0 Å². The predicted molar refractivity (Wildman–Crippen MR) is 222 cm³/mol. The van der Waals surface area contributed by atoms with Gasteiger partial charge in [0.1, 0.15) is 11.2 Å². The first-order valence-electron chi connectivity index (χ1n) is 30.2. The van der Waals surface area contributed by atoms with Gasteiger partial charge >= 0.3 is 0 Å². The summed E-state index contributed by atoms with van der Waals surface area (Å²) < 4.78 is 271. The molecule has 52 heavy (non-hydrogen) atoms. The van der Waals surface area contributed by atoms with Gasteiger partial charge in [0.25, 0.3) is 0 Å². The largest absolute Gasteiger partial charge is 0.456 e. The fourth-order valence-corrected chi connectivity index (χ4v) is 6.60. The molecule has 0 saturated heterocycles. The molecule has 0 spiro atoms. The standard InChI is InChI=1S/C51H32O/c1-31-11-2-5-14-38(31)34-23-25-39-35(27-34)21-22-36-28-37(24-26-40(36)39)49-41-15-6-8-17-43(41)50(44-18-9-7-16-42(44)49)45-19-10-20-47-51(45)46-29-32-12-3-4-13-33(32)30-48(46)52-47/h2-30H,1H3/i2D,3D,4D,5D,6D,7D,8D,9D,10D,11D,12D,13D,14D,15D,16D,17D,18D,19D,20D,21D,22D,23D,24D,25D,26D,27D,28D,29D,30D. The van der Waals surface area contributed by atoms with Crippen molar-refractivity contribution in [2.24, 2.45) is 0 Å². The first-order valence-corrected chi connectivity index (χ1v) is 15.7. The lowest BCUT2D eigenvalue weighted by Crippen LogP contribution is -1.91. The molecule has 0 amide bonds. The molecule has 0 fully saturated rings. The Bertz CT molecular complexity index is 4820. The van der Waals surface area contributed by atoms with Crippen LogP contribution in [-0.2, 0) is 0 Å². The highest BCUT2D eigenvalue weighted by molar-refractivity contribution is 6.26. The molecule has 1 aromatic heterocycles. The Balaban J connectivity index is 1.40. The topological polar surface area (TPSA) is 13.1 Å². The molecule has 0 atom stereocenters. The van der Waals surface area contributed by atoms with E-state index in [2.05, 4.69) is 0 Å². The van der Waals surface area contributed by atoms with Gasteiger partial charge in [-0.1, -0.05) is 145 Å². The van der Waals surface area contributed by atoms with Crippen molar-refractivity contribution in [3.05, 3.63) is 181 Å². The van der Waals surface area contributed by atoms with E-state index in [1.807, 2.05) is 0 Å². The van der Waals surface area contributed by atoms with Crippen LogP contribution in [0.15, 0.2) is 180 Å². The van der Waals surface area contributed by atoms with Crippen LogP contribution in [0, 0.1) is 6.92 Å². The molecule has 0 bridgehead atoms. The van der Waals surface area contributed by atoms with Crippen LogP contribution in [0.2, 0.25) is 0 Å². The lowest BCUT2D eigenvalue weighted by molar-refractivity contribution is 0.669. The third-order valence-electron chi connectivity index (χ3n) is 8.89. The number of hydrogen-bond acceptors (Lipinski definition) is 1. The van der Waals surface area contributed by atoms with Crippen molar-refractivity contribution in [3.8, 4) is 33.4 Å². The van der Waals surface area contributed by atoms with Crippen molar-refractivity contribution in [1.29, 1.82) is 0 Å². The maximum atomic E-state index is 9.94. The molecular weight excluding hydrogens is 629 g/mol. The van der Waals surface area contributed by atoms with Crippen LogP contribution in [0.1, 0.15) is 45.3 Å². The minimum absolute atomic E-state index is 0.125. The fraction of sp³-hybridized carbons (Fsp3) is 0.0196. The van der Waals surface area contributed by atoms with Crippen LogP contribution in [-0.4, -0.2) is 0 Å². The summed E-state index contributed by atoms with van der Waals surface area (Å²) in [5, 5.41) is -7.53. The molecule has 0 N–H and O–H groups in total. The van der Waals surface area contributed by atoms with Crippen LogP contribution in [0.4, 0.5) is 0 Å². The summed E-state index contributed by atoms with van der Waals surface area (Å²) in [5.74, 6) is 0. The number of hydrogen-bond donors (Lipinski definition) is 0. The van der Waals surface area contributed by atoms with Crippen molar-refractivity contribution >= 4 is 75.8 Å². The molecule has 10 aromatic carbocycles. The predicted octanol–water partition coefficient (Wildman–Crippen LogP) is 14.7. The molecular formula is C51H32O. The van der Waals surface area contributed by atoms with Gasteiger partial charge < -0.3 is 4.42 Å². The highest BCUT2D eigenvalue weighted by Gasteiger charge is 2.21. The van der Waals surface area contributed by atoms with Gasteiger partial charge in [-0.25, -0.2) is 0 Å². The zero-order valence-electron chi connectivity index (χ0n) is 55.4. The summed E-state index contributed by atoms with van der Waals surface area (Å²) >= 11 is 0. The van der Waals surface area contributed by atoms with E-state index in [0.29, 0.717) is 0 Å². The highest BCUT2D eigenvalue weighted by atomic mass is 16.3. The van der Waals surface area contributed by atoms with Crippen molar-refractivity contribution in [2.75, 3.05) is 0 Å². The summed E-state index contributed by atoms with van der Waals surface area (Å²) in [7, 11) is 0. The third-order valence-corrected chi connectivity index (χ3v) is 8.89. The fourth-order valence-electron chi connectivity index (χ4n) is 6.60. The SMILES string of the molecule is [2H]c1c([2H])c([2H])c(-c2c([2H])c([2H])c3c(c2[2H])c([2H])c([2H])c2c([2H])c(-c4c5c([2H])c([2H])c([2H])c([2H])c5c(-c5c([2H])c([2H])c([2H])c6oc7c([2H])c8c([2H])c([2H])c([2H])c([2H])c8c([2H])c7c56)c5c([2H])c([2H])c([2H])c([2H])c45)c([2H])c([2H])c23)c(C)c1[2H]. The van der Waals surface area contributed by atoms with Gasteiger partial charge in [0.2, 0.25) is 0 Å². The van der Waals surface area contributed by atoms with Crippen molar-refractivity contribution < 1.29 is 44.2 Å². The molecule has 0 radical (unpaired) electrons. The second-order valence-electron chi connectivity index (χ2n) is 11.8. The molecule has 0 aliphatic heterocycles. The van der Waals surface area contributed by atoms with E-state index < -0.39 is 279 Å². The monoisotopic (exact) mass is 689 g/mol. The van der Waals surface area contributed by atoms with E-state index in [0.717, 1.165) is 0 Å². The third kappa shape index (κ3) is 4.30. The van der Waals surface area contributed by atoms with Crippen LogP contribution in [0.3, 0.4) is 0 Å². The van der Waals surface area contributed by atoms with Gasteiger partial charge in [0, 0.05) is 10.8 Å². The van der Waals surface area contributed by atoms with E-state index in [1.54, 1.807) is 0 Å². The molecule has 0 aliphatic rings. The van der Waals surface area contributed by atoms with E-state index >= 15 is 0 Å². The normalized spacial score (nSPS) is 19.8. The zero-order valence-corrected chi connectivity index (χ0v) is 26.4. The van der Waals surface area contributed by atoms with Crippen LogP contribution in [0.5, 0.6) is 0 Å². The molecule has 0 unspecified atom stereocenters. The summed E-state index contributed by atoms with van der Waals surface area (Å²) in [5.41, 5.74) is -5.26. The summed E-state index contributed by atoms with van der Waals surface area (Å²) in [4.78, 5) is 0. The van der Waals surface area contributed by atoms with E-state index in [4.69, 9.17) is 23.6 Å². The quantitative estimate of drug-likeness (QED) is 0.133. The Kier molecular flexibility index (Phi) is 2.68. The first-order chi connectivity index (χ1) is 37.8. The van der Waals surface area contributed by atoms with Crippen LogP contribution >= 0.6 is 0 Å². The minimum Gasteiger partial charge on any atom is -0.456 e. The summed E-state index contributed by atoms with van der Waals surface area (Å²) in [6.45, 7) is 1.30. The molecule has 1 heterocycles. The number of rotatable bonds is 3. The average Bonchev–Trinajstić information content (AvgIpc) is 3.38. The van der Waals surface area contributed by atoms with Crippen molar-refractivity contribution in [2.45, 2.75) is 6.92 Å². The van der Waals surface area contributed by atoms with Gasteiger partial charge in [-0.3, -0.25) is 0 Å².